The maximum absolute atomic E-state index is 12.0. The summed E-state index contributed by atoms with van der Waals surface area (Å²) in [7, 11) is 0. The molecule has 0 fully saturated rings. The van der Waals surface area contributed by atoms with Crippen LogP contribution in [0.4, 0.5) is 18.9 Å². The molecule has 124 valence electrons. The largest absolute Gasteiger partial charge is 0.506 e. The van der Waals surface area contributed by atoms with Crippen molar-refractivity contribution >= 4 is 17.1 Å². The first-order chi connectivity index (χ1) is 10.6. The van der Waals surface area contributed by atoms with Crippen molar-refractivity contribution in [3.63, 3.8) is 0 Å². The smallest absolute Gasteiger partial charge is 0.416 e. The Morgan fingerprint density at radius 2 is 1.74 bits per heavy atom. The molecule has 0 aliphatic heterocycles. The molecule has 6 N–H and O–H groups in total. The molecule has 1 aromatic rings. The predicted octanol–water partition coefficient (Wildman–Crippen LogP) is 2.59. The van der Waals surface area contributed by atoms with Crippen molar-refractivity contribution in [3.05, 3.63) is 47.6 Å². The number of allylic oxidation sites excluding steroid dienone is 4. The molecule has 23 heavy (non-hydrogen) atoms. The van der Waals surface area contributed by atoms with Crippen LogP contribution in [0.15, 0.2) is 42.0 Å². The lowest BCUT2D eigenvalue weighted by Gasteiger charge is -2.11. The molecule has 1 aliphatic rings. The number of phenolic OH excluding ortho intramolecular Hbond substituents is 1. The van der Waals surface area contributed by atoms with Gasteiger partial charge in [0, 0.05) is 6.61 Å². The summed E-state index contributed by atoms with van der Waals surface area (Å²) in [5.41, 5.74) is 5.21. The Morgan fingerprint density at radius 3 is 2.22 bits per heavy atom. The van der Waals surface area contributed by atoms with Gasteiger partial charge >= 0.3 is 6.18 Å². The van der Waals surface area contributed by atoms with E-state index in [9.17, 15) is 13.2 Å². The zero-order chi connectivity index (χ0) is 17.6. The topological polar surface area (TPSA) is 114 Å². The number of alkyl halides is 3. The molecule has 0 bridgehead atoms. The van der Waals surface area contributed by atoms with Crippen molar-refractivity contribution in [2.24, 2.45) is 0 Å². The van der Waals surface area contributed by atoms with Gasteiger partial charge in [-0.2, -0.15) is 13.2 Å². The van der Waals surface area contributed by atoms with E-state index in [-0.39, 0.29) is 18.1 Å². The van der Waals surface area contributed by atoms with Crippen molar-refractivity contribution in [1.82, 2.24) is 0 Å². The number of aromatic hydroxyl groups is 1. The molecule has 0 amide bonds. The minimum absolute atomic E-state index is 0.0895. The maximum Gasteiger partial charge on any atom is 0.416 e. The number of nitrogen functional groups attached to an aromatic ring is 1. The van der Waals surface area contributed by atoms with Gasteiger partial charge in [0.15, 0.2) is 0 Å². The maximum atomic E-state index is 12.0. The third-order valence-corrected chi connectivity index (χ3v) is 2.84. The van der Waals surface area contributed by atoms with Crippen LogP contribution in [0.3, 0.4) is 0 Å². The Balaban J connectivity index is 0.000000231. The first kappa shape index (κ1) is 18.4. The summed E-state index contributed by atoms with van der Waals surface area (Å²) in [4.78, 5) is 0. The minimum atomic E-state index is -4.43. The number of benzene rings is 1. The van der Waals surface area contributed by atoms with Crippen LogP contribution in [0.25, 0.3) is 0 Å². The fourth-order valence-corrected chi connectivity index (χ4v) is 1.61. The summed E-state index contributed by atoms with van der Waals surface area (Å²) < 4.78 is 35.9. The summed E-state index contributed by atoms with van der Waals surface area (Å²) in [6, 6.07) is 4.92. The molecule has 8 heteroatoms. The molecule has 0 saturated heterocycles. The highest BCUT2D eigenvalue weighted by molar-refractivity contribution is 6.49. The van der Waals surface area contributed by atoms with Crippen LogP contribution in [0, 0.1) is 10.8 Å². The number of nitrogens with one attached hydrogen (secondary N) is 2. The van der Waals surface area contributed by atoms with Gasteiger partial charge in [0.1, 0.15) is 5.75 Å². The summed E-state index contributed by atoms with van der Waals surface area (Å²) in [5, 5.41) is 31.5. The van der Waals surface area contributed by atoms with Gasteiger partial charge in [-0.1, -0.05) is 6.07 Å². The molecule has 0 atom stereocenters. The third kappa shape index (κ3) is 5.59. The molecule has 5 nitrogen and oxygen atoms in total. The van der Waals surface area contributed by atoms with E-state index in [1.807, 2.05) is 0 Å². The summed E-state index contributed by atoms with van der Waals surface area (Å²) in [5.74, 6) is 0.0895. The number of hydrogen-bond acceptors (Lipinski definition) is 5. The Kier molecular flexibility index (Phi) is 6.09. The molecular weight excluding hydrogens is 311 g/mol. The second kappa shape index (κ2) is 7.59. The summed E-state index contributed by atoms with van der Waals surface area (Å²) >= 11 is 0. The molecular formula is C15H16F3N3O2. The molecule has 0 unspecified atom stereocenters. The van der Waals surface area contributed by atoms with Crippen molar-refractivity contribution in [2.45, 2.75) is 12.6 Å². The molecule has 0 radical (unpaired) electrons. The van der Waals surface area contributed by atoms with Crippen LogP contribution in [0.5, 0.6) is 5.75 Å². The van der Waals surface area contributed by atoms with Crippen LogP contribution in [-0.2, 0) is 6.42 Å². The molecule has 2 rings (SSSR count). The third-order valence-electron chi connectivity index (χ3n) is 2.84. The number of hydrogen-bond donors (Lipinski definition) is 5. The van der Waals surface area contributed by atoms with Crippen molar-refractivity contribution in [2.75, 3.05) is 12.3 Å². The number of rotatable bonds is 2. The second-order valence-corrected chi connectivity index (χ2v) is 4.62. The van der Waals surface area contributed by atoms with Crippen LogP contribution in [0.2, 0.25) is 0 Å². The average molecular weight is 327 g/mol. The van der Waals surface area contributed by atoms with E-state index in [2.05, 4.69) is 0 Å². The average Bonchev–Trinajstić information content (AvgIpc) is 2.46. The van der Waals surface area contributed by atoms with Gasteiger partial charge in [-0.3, -0.25) is 10.8 Å². The van der Waals surface area contributed by atoms with E-state index in [0.29, 0.717) is 18.2 Å². The van der Waals surface area contributed by atoms with E-state index in [1.54, 1.807) is 12.1 Å². The van der Waals surface area contributed by atoms with Crippen LogP contribution >= 0.6 is 0 Å². The van der Waals surface area contributed by atoms with Gasteiger partial charge in [0.05, 0.1) is 22.7 Å². The first-order valence-corrected chi connectivity index (χ1v) is 6.48. The highest BCUT2D eigenvalue weighted by Crippen LogP contribution is 2.27. The van der Waals surface area contributed by atoms with Gasteiger partial charge in [0.25, 0.3) is 0 Å². The van der Waals surface area contributed by atoms with E-state index >= 15 is 0 Å². The number of phenols is 1. The first-order valence-electron chi connectivity index (χ1n) is 6.48. The molecule has 0 saturated carbocycles. The highest BCUT2D eigenvalue weighted by Gasteiger charge is 2.33. The van der Waals surface area contributed by atoms with Gasteiger partial charge < -0.3 is 15.9 Å². The minimum Gasteiger partial charge on any atom is -0.506 e. The number of nitrogens with two attached hydrogens (primary N) is 1. The van der Waals surface area contributed by atoms with E-state index < -0.39 is 17.5 Å². The Morgan fingerprint density at radius 1 is 1.09 bits per heavy atom. The van der Waals surface area contributed by atoms with Crippen LogP contribution < -0.4 is 5.73 Å². The van der Waals surface area contributed by atoms with Crippen LogP contribution in [-0.4, -0.2) is 34.4 Å². The van der Waals surface area contributed by atoms with Crippen molar-refractivity contribution in [1.29, 1.82) is 10.8 Å². The lowest BCUT2D eigenvalue weighted by Crippen LogP contribution is -2.18. The Labute approximate surface area is 130 Å². The number of aliphatic hydroxyl groups is 1. The van der Waals surface area contributed by atoms with Gasteiger partial charge in [-0.15, -0.1) is 0 Å². The van der Waals surface area contributed by atoms with Crippen molar-refractivity contribution in [3.8, 4) is 5.75 Å². The fourth-order valence-electron chi connectivity index (χ4n) is 1.61. The Bertz CT molecular complexity index is 664. The van der Waals surface area contributed by atoms with Gasteiger partial charge in [-0.05, 0) is 42.3 Å². The molecule has 1 aromatic carbocycles. The summed E-state index contributed by atoms with van der Waals surface area (Å²) in [6.45, 7) is 0.101. The van der Waals surface area contributed by atoms with Gasteiger partial charge in [-0.25, -0.2) is 0 Å². The molecule has 1 aliphatic carbocycles. The standard InChI is InChI=1S/C8H11NO2.C7H5F3N2/c9-7-5-6(3-4-10)1-2-8(7)11;8-7(9,10)4-1-2-5(11)6(12)3-4/h1-2,5,10-11H,3-4,9H2;1-3,11-12H. The number of anilines is 1. The van der Waals surface area contributed by atoms with Crippen LogP contribution in [0.1, 0.15) is 5.56 Å². The summed E-state index contributed by atoms with van der Waals surface area (Å²) in [6.07, 6.45) is -1.46. The Hall–Kier alpha value is -2.61. The second-order valence-electron chi connectivity index (χ2n) is 4.62. The lowest BCUT2D eigenvalue weighted by atomic mass is 10.0. The SMILES string of the molecule is N=C1C=CC(C(F)(F)F)=CC1=N.Nc1cc(CCO)ccc1O. The number of halogens is 3. The fraction of sp³-hybridized carbons (Fsp3) is 0.200. The zero-order valence-electron chi connectivity index (χ0n) is 12.0. The predicted molar refractivity (Wildman–Crippen MR) is 82.0 cm³/mol. The van der Waals surface area contributed by atoms with Crippen molar-refractivity contribution < 1.29 is 23.4 Å². The zero-order valence-corrected chi connectivity index (χ0v) is 12.0. The number of aliphatic hydroxyl groups excluding tert-OH is 1. The van der Waals surface area contributed by atoms with Gasteiger partial charge in [0.2, 0.25) is 0 Å². The lowest BCUT2D eigenvalue weighted by molar-refractivity contribution is -0.0881. The van der Waals surface area contributed by atoms with E-state index in [0.717, 1.165) is 17.7 Å². The quantitative estimate of drug-likeness (QED) is 0.327. The molecule has 0 aromatic heterocycles. The normalized spacial score (nSPS) is 14.2. The molecule has 0 heterocycles. The highest BCUT2D eigenvalue weighted by atomic mass is 19.4. The van der Waals surface area contributed by atoms with E-state index in [1.165, 1.54) is 6.07 Å². The monoisotopic (exact) mass is 327 g/mol. The van der Waals surface area contributed by atoms with E-state index in [4.69, 9.17) is 26.8 Å². The molecule has 0 spiro atoms.